The first-order valence-electron chi connectivity index (χ1n) is 14.8. The van der Waals surface area contributed by atoms with Gasteiger partial charge in [0.1, 0.15) is 12.2 Å². The zero-order chi connectivity index (χ0) is 29.0. The second-order valence-electron chi connectivity index (χ2n) is 13.3. The van der Waals surface area contributed by atoms with Crippen LogP contribution in [0.5, 0.6) is 0 Å². The Balaban J connectivity index is 1.42. The van der Waals surface area contributed by atoms with Crippen LogP contribution in [0.4, 0.5) is 0 Å². The Bertz CT molecular complexity index is 1280. The van der Waals surface area contributed by atoms with Crippen molar-refractivity contribution in [2.24, 2.45) is 34.5 Å². The number of carbonyl (C=O) groups excluding carboxylic acids is 2. The minimum absolute atomic E-state index is 0.0417. The van der Waals surface area contributed by atoms with E-state index in [0.29, 0.717) is 11.8 Å². The summed E-state index contributed by atoms with van der Waals surface area (Å²) in [5.74, 6) is 0.402. The molecule has 3 saturated carbocycles. The second kappa shape index (κ2) is 10.6. The van der Waals surface area contributed by atoms with Crippen LogP contribution < -0.4 is 0 Å². The molecule has 4 aliphatic carbocycles. The Kier molecular flexibility index (Phi) is 7.75. The minimum atomic E-state index is -3.98. The fourth-order valence-electron chi connectivity index (χ4n) is 9.18. The number of allylic oxidation sites excluding steroid dienone is 1. The SMILES string of the molecule is CC(=O)O[C@H]1CC[C@@]2(C)C(=CC[C@H]3[C@@H]4C[C@@H](OC(C)=O)[C@H]([C@@H](C)OS(=O)(=O)c5ccc(C)cc5)[C@@]4(C)CC[C@@H]32)C1. The van der Waals surface area contributed by atoms with Gasteiger partial charge in [0.2, 0.25) is 0 Å². The third-order valence-corrected chi connectivity index (χ3v) is 12.3. The van der Waals surface area contributed by atoms with Crippen molar-refractivity contribution in [3.63, 3.8) is 0 Å². The summed E-state index contributed by atoms with van der Waals surface area (Å²) in [4.78, 5) is 23.9. The highest BCUT2D eigenvalue weighted by molar-refractivity contribution is 7.86. The number of aryl methyl sites for hydroxylation is 1. The van der Waals surface area contributed by atoms with Crippen molar-refractivity contribution in [3.05, 3.63) is 41.5 Å². The monoisotopic (exact) mass is 572 g/mol. The van der Waals surface area contributed by atoms with Gasteiger partial charge in [-0.25, -0.2) is 0 Å². The van der Waals surface area contributed by atoms with E-state index in [1.165, 1.54) is 19.4 Å². The molecular weight excluding hydrogens is 528 g/mol. The van der Waals surface area contributed by atoms with Gasteiger partial charge in [0.05, 0.1) is 11.0 Å². The number of fused-ring (bicyclic) bond motifs is 5. The average Bonchev–Trinajstić information content (AvgIpc) is 3.15. The first kappa shape index (κ1) is 29.3. The number of rotatable bonds is 6. The summed E-state index contributed by atoms with van der Waals surface area (Å²) in [6, 6.07) is 6.69. The highest BCUT2D eigenvalue weighted by Crippen LogP contribution is 2.67. The first-order valence-corrected chi connectivity index (χ1v) is 16.2. The first-order chi connectivity index (χ1) is 18.7. The van der Waals surface area contributed by atoms with Gasteiger partial charge in [0.25, 0.3) is 10.1 Å². The molecule has 4 aliphatic rings. The van der Waals surface area contributed by atoms with E-state index in [-0.39, 0.29) is 45.6 Å². The van der Waals surface area contributed by atoms with E-state index in [1.54, 1.807) is 24.3 Å². The Labute approximate surface area is 239 Å². The van der Waals surface area contributed by atoms with Gasteiger partial charge in [0.15, 0.2) is 0 Å². The molecule has 0 unspecified atom stereocenters. The highest BCUT2D eigenvalue weighted by Gasteiger charge is 2.63. The summed E-state index contributed by atoms with van der Waals surface area (Å²) < 4.78 is 43.9. The van der Waals surface area contributed by atoms with Crippen molar-refractivity contribution in [1.82, 2.24) is 0 Å². The number of hydrogen-bond donors (Lipinski definition) is 0. The standard InChI is InChI=1S/C32H44O7S/c1-19-7-10-25(11-8-19)40(35,36)39-20(2)30-29(38-22(4)34)18-28-26-12-9-23-17-24(37-21(3)33)13-15-31(23,5)27(26)14-16-32(28,30)6/h7-11,20,24,26-30H,12-18H2,1-6H3/t20-,24+,26-,27+,28+,29-,30+,31+,32+/m1/s1. The maximum Gasteiger partial charge on any atom is 0.302 e. The molecule has 0 aliphatic heterocycles. The molecule has 3 fully saturated rings. The zero-order valence-corrected chi connectivity index (χ0v) is 25.5. The van der Waals surface area contributed by atoms with Gasteiger partial charge in [0, 0.05) is 26.2 Å². The molecule has 9 atom stereocenters. The molecule has 0 heterocycles. The van der Waals surface area contributed by atoms with Crippen molar-refractivity contribution in [3.8, 4) is 0 Å². The third-order valence-electron chi connectivity index (χ3n) is 10.9. The van der Waals surface area contributed by atoms with Gasteiger partial charge in [-0.1, -0.05) is 43.2 Å². The van der Waals surface area contributed by atoms with Gasteiger partial charge >= 0.3 is 11.9 Å². The molecule has 1 aromatic carbocycles. The number of esters is 2. The molecule has 40 heavy (non-hydrogen) atoms. The smallest absolute Gasteiger partial charge is 0.302 e. The van der Waals surface area contributed by atoms with Gasteiger partial charge in [-0.2, -0.15) is 8.42 Å². The molecule has 0 radical (unpaired) electrons. The maximum absolute atomic E-state index is 13.3. The third kappa shape index (κ3) is 5.15. The molecule has 0 bridgehead atoms. The summed E-state index contributed by atoms with van der Waals surface area (Å²) in [5, 5.41) is 0. The lowest BCUT2D eigenvalue weighted by molar-refractivity contribution is -0.152. The fourth-order valence-corrected chi connectivity index (χ4v) is 10.3. The van der Waals surface area contributed by atoms with E-state index < -0.39 is 22.3 Å². The van der Waals surface area contributed by atoms with E-state index in [0.717, 1.165) is 50.5 Å². The van der Waals surface area contributed by atoms with Crippen LogP contribution in [-0.4, -0.2) is 38.7 Å². The summed E-state index contributed by atoms with van der Waals surface area (Å²) in [6.45, 7) is 11.3. The zero-order valence-electron chi connectivity index (χ0n) is 24.6. The Hall–Kier alpha value is -2.19. The van der Waals surface area contributed by atoms with Crippen molar-refractivity contribution in [1.29, 1.82) is 0 Å². The largest absolute Gasteiger partial charge is 0.462 e. The molecule has 1 aromatic rings. The van der Waals surface area contributed by atoms with Crippen molar-refractivity contribution in [2.45, 2.75) is 110 Å². The van der Waals surface area contributed by atoms with Crippen LogP contribution in [-0.2, 0) is 33.4 Å². The molecular formula is C32H44O7S. The van der Waals surface area contributed by atoms with E-state index in [1.807, 2.05) is 13.8 Å². The molecule has 0 spiro atoms. The van der Waals surface area contributed by atoms with Crippen molar-refractivity contribution < 1.29 is 31.7 Å². The molecule has 5 rings (SSSR count). The van der Waals surface area contributed by atoms with E-state index in [9.17, 15) is 18.0 Å². The minimum Gasteiger partial charge on any atom is -0.462 e. The van der Waals surface area contributed by atoms with Crippen LogP contribution in [0.25, 0.3) is 0 Å². The molecule has 0 aromatic heterocycles. The van der Waals surface area contributed by atoms with Gasteiger partial charge in [-0.05, 0) is 93.1 Å². The lowest BCUT2D eigenvalue weighted by Gasteiger charge is -2.58. The van der Waals surface area contributed by atoms with E-state index in [2.05, 4.69) is 19.9 Å². The number of carbonyl (C=O) groups is 2. The molecule has 0 saturated heterocycles. The summed E-state index contributed by atoms with van der Waals surface area (Å²) in [7, 11) is -3.98. The van der Waals surface area contributed by atoms with Gasteiger partial charge in [-0.15, -0.1) is 0 Å². The maximum atomic E-state index is 13.3. The quantitative estimate of drug-likeness (QED) is 0.229. The highest BCUT2D eigenvalue weighted by atomic mass is 32.2. The Morgan fingerprint density at radius 1 is 0.975 bits per heavy atom. The van der Waals surface area contributed by atoms with Crippen LogP contribution >= 0.6 is 0 Å². The summed E-state index contributed by atoms with van der Waals surface area (Å²) in [5.41, 5.74) is 2.23. The predicted molar refractivity (Wildman–Crippen MR) is 151 cm³/mol. The predicted octanol–water partition coefficient (Wildman–Crippen LogP) is 6.14. The number of benzene rings is 1. The lowest BCUT2D eigenvalue weighted by Crippen LogP contribution is -2.52. The summed E-state index contributed by atoms with van der Waals surface area (Å²) >= 11 is 0. The van der Waals surface area contributed by atoms with Gasteiger partial charge in [-0.3, -0.25) is 13.8 Å². The number of hydrogen-bond acceptors (Lipinski definition) is 7. The van der Waals surface area contributed by atoms with Crippen LogP contribution in [0, 0.1) is 41.4 Å². The molecule has 8 heteroatoms. The Morgan fingerprint density at radius 2 is 1.65 bits per heavy atom. The molecule has 220 valence electrons. The molecule has 0 amide bonds. The van der Waals surface area contributed by atoms with Crippen molar-refractivity contribution >= 4 is 22.1 Å². The second-order valence-corrected chi connectivity index (χ2v) is 14.8. The lowest BCUT2D eigenvalue weighted by atomic mass is 9.47. The topological polar surface area (TPSA) is 96.0 Å². The average molecular weight is 573 g/mol. The van der Waals surface area contributed by atoms with Crippen LogP contribution in [0.15, 0.2) is 40.8 Å². The normalized spacial score (nSPS) is 37.8. The van der Waals surface area contributed by atoms with Crippen LogP contribution in [0.3, 0.4) is 0 Å². The van der Waals surface area contributed by atoms with Crippen LogP contribution in [0.2, 0.25) is 0 Å². The van der Waals surface area contributed by atoms with E-state index >= 15 is 0 Å². The Morgan fingerprint density at radius 3 is 2.30 bits per heavy atom. The van der Waals surface area contributed by atoms with E-state index in [4.69, 9.17) is 13.7 Å². The van der Waals surface area contributed by atoms with Crippen LogP contribution in [0.1, 0.15) is 85.1 Å². The molecule has 7 nitrogen and oxygen atoms in total. The fraction of sp³-hybridized carbons (Fsp3) is 0.688. The van der Waals surface area contributed by atoms with Crippen molar-refractivity contribution in [2.75, 3.05) is 0 Å². The summed E-state index contributed by atoms with van der Waals surface area (Å²) in [6.07, 6.45) is 7.60. The molecule has 0 N–H and O–H groups in total. The van der Waals surface area contributed by atoms with Gasteiger partial charge < -0.3 is 9.47 Å². The number of ether oxygens (including phenoxy) is 2.